The van der Waals surface area contributed by atoms with E-state index in [2.05, 4.69) is 6.58 Å². The molecule has 2 rings (SSSR count). The summed E-state index contributed by atoms with van der Waals surface area (Å²) in [4.78, 5) is 21.5. The molecule has 27 heavy (non-hydrogen) atoms. The Morgan fingerprint density at radius 3 is 2.41 bits per heavy atom. The lowest BCUT2D eigenvalue weighted by molar-refractivity contribution is -0.138. The van der Waals surface area contributed by atoms with Crippen LogP contribution in [0.2, 0.25) is 0 Å². The second-order valence-electron chi connectivity index (χ2n) is 6.07. The highest BCUT2D eigenvalue weighted by Crippen LogP contribution is 2.23. The third-order valence-corrected chi connectivity index (χ3v) is 3.97. The zero-order valence-corrected chi connectivity index (χ0v) is 15.2. The van der Waals surface area contributed by atoms with Crippen molar-refractivity contribution < 1.29 is 24.2 Å². The smallest absolute Gasteiger partial charge is 0.330 e. The Hall–Kier alpha value is -3.08. The summed E-state index contributed by atoms with van der Waals surface area (Å²) in [5.41, 5.74) is 0.845. The molecule has 0 aliphatic heterocycles. The largest absolute Gasteiger partial charge is 0.494 e. The number of aliphatic carboxylic acids is 1. The number of benzene rings is 2. The molecule has 5 heteroatoms. The van der Waals surface area contributed by atoms with Crippen LogP contribution in [0.5, 0.6) is 5.75 Å². The van der Waals surface area contributed by atoms with Gasteiger partial charge in [0.25, 0.3) is 0 Å². The highest BCUT2D eigenvalue weighted by atomic mass is 16.5. The molecule has 142 valence electrons. The average molecular weight is 368 g/mol. The van der Waals surface area contributed by atoms with Crippen molar-refractivity contribution >= 4 is 28.8 Å². The lowest BCUT2D eigenvalue weighted by Crippen LogP contribution is -2.02. The van der Waals surface area contributed by atoms with Crippen molar-refractivity contribution in [2.75, 3.05) is 13.2 Å². The zero-order chi connectivity index (χ0) is 19.5. The molecule has 0 saturated carbocycles. The quantitative estimate of drug-likeness (QED) is 0.356. The summed E-state index contributed by atoms with van der Waals surface area (Å²) in [5, 5.41) is 10.8. The van der Waals surface area contributed by atoms with Crippen LogP contribution in [0, 0.1) is 0 Å². The molecule has 0 bridgehead atoms. The van der Waals surface area contributed by atoms with Gasteiger partial charge in [-0.25, -0.2) is 9.59 Å². The molecule has 5 nitrogen and oxygen atoms in total. The molecule has 0 saturated heterocycles. The Morgan fingerprint density at radius 1 is 0.963 bits per heavy atom. The first-order valence-corrected chi connectivity index (χ1v) is 8.95. The number of esters is 1. The monoisotopic (exact) mass is 368 g/mol. The number of hydrogen-bond acceptors (Lipinski definition) is 4. The number of carboxylic acid groups (broad SMARTS) is 1. The van der Waals surface area contributed by atoms with Crippen LogP contribution < -0.4 is 4.74 Å². The molecular weight excluding hydrogens is 344 g/mol. The summed E-state index contributed by atoms with van der Waals surface area (Å²) in [6.07, 6.45) is 7.65. The maximum absolute atomic E-state index is 10.9. The van der Waals surface area contributed by atoms with Crippen molar-refractivity contribution in [2.45, 2.75) is 25.7 Å². The lowest BCUT2D eigenvalue weighted by Gasteiger charge is -2.08. The van der Waals surface area contributed by atoms with Crippen molar-refractivity contribution in [1.82, 2.24) is 0 Å². The minimum absolute atomic E-state index is 0.375. The molecule has 2 aromatic carbocycles. The molecule has 0 aliphatic rings. The summed E-state index contributed by atoms with van der Waals surface area (Å²) in [6.45, 7) is 4.42. The molecule has 0 radical (unpaired) electrons. The molecule has 0 amide bonds. The van der Waals surface area contributed by atoms with Crippen LogP contribution in [0.1, 0.15) is 31.2 Å². The molecule has 2 aromatic rings. The third-order valence-electron chi connectivity index (χ3n) is 3.97. The molecule has 0 heterocycles. The van der Waals surface area contributed by atoms with Crippen molar-refractivity contribution in [3.8, 4) is 5.75 Å². The van der Waals surface area contributed by atoms with Crippen molar-refractivity contribution in [2.24, 2.45) is 0 Å². The summed E-state index contributed by atoms with van der Waals surface area (Å²) < 4.78 is 10.7. The molecule has 0 atom stereocenters. The third kappa shape index (κ3) is 7.36. The van der Waals surface area contributed by atoms with Gasteiger partial charge in [-0.3, -0.25) is 0 Å². The van der Waals surface area contributed by atoms with E-state index >= 15 is 0 Å². The van der Waals surface area contributed by atoms with Crippen molar-refractivity contribution in [1.29, 1.82) is 0 Å². The predicted molar refractivity (Wildman–Crippen MR) is 106 cm³/mol. The Balaban J connectivity index is 1.74. The van der Waals surface area contributed by atoms with Gasteiger partial charge in [-0.2, -0.15) is 0 Å². The average Bonchev–Trinajstić information content (AvgIpc) is 2.67. The highest BCUT2D eigenvalue weighted by Gasteiger charge is 2.00. The molecule has 0 spiro atoms. The standard InChI is InChI=1S/C22H24O5/c1-2-22(25)27-14-6-4-3-5-13-26-20-11-10-18-15-17(8-12-21(23)24)7-9-19(18)16-20/h2,7-12,15-16H,1,3-6,13-14H2,(H,23,24)/b12-8+. The van der Waals surface area contributed by atoms with E-state index < -0.39 is 5.97 Å². The van der Waals surface area contributed by atoms with Gasteiger partial charge < -0.3 is 14.6 Å². The lowest BCUT2D eigenvalue weighted by atomic mass is 10.1. The highest BCUT2D eigenvalue weighted by molar-refractivity contribution is 5.89. The molecule has 0 unspecified atom stereocenters. The van der Waals surface area contributed by atoms with Gasteiger partial charge in [0.15, 0.2) is 0 Å². The van der Waals surface area contributed by atoms with Gasteiger partial charge in [0, 0.05) is 12.2 Å². The number of rotatable bonds is 11. The van der Waals surface area contributed by atoms with Crippen LogP contribution in [-0.2, 0) is 14.3 Å². The first-order chi connectivity index (χ1) is 13.1. The van der Waals surface area contributed by atoms with Gasteiger partial charge in [0.2, 0.25) is 0 Å². The van der Waals surface area contributed by atoms with Crippen LogP contribution in [0.15, 0.2) is 55.1 Å². The van der Waals surface area contributed by atoms with E-state index in [0.717, 1.165) is 53.8 Å². The fourth-order valence-electron chi connectivity index (χ4n) is 2.58. The van der Waals surface area contributed by atoms with E-state index in [1.807, 2.05) is 36.4 Å². The second kappa shape index (κ2) is 10.8. The fourth-order valence-corrected chi connectivity index (χ4v) is 2.58. The maximum Gasteiger partial charge on any atom is 0.330 e. The van der Waals surface area contributed by atoms with Gasteiger partial charge in [0.1, 0.15) is 5.75 Å². The number of unbranched alkanes of at least 4 members (excludes halogenated alkanes) is 3. The number of ether oxygens (including phenoxy) is 2. The van der Waals surface area contributed by atoms with Gasteiger partial charge >= 0.3 is 11.9 Å². The van der Waals surface area contributed by atoms with Crippen LogP contribution in [-0.4, -0.2) is 30.3 Å². The molecule has 0 aromatic heterocycles. The Kier molecular flexibility index (Phi) is 8.10. The predicted octanol–water partition coefficient (Wildman–Crippen LogP) is 4.61. The number of carboxylic acids is 1. The molecular formula is C22H24O5. The van der Waals surface area contributed by atoms with Crippen molar-refractivity contribution in [3.05, 3.63) is 60.7 Å². The minimum atomic E-state index is -0.961. The maximum atomic E-state index is 10.9. The van der Waals surface area contributed by atoms with E-state index in [-0.39, 0.29) is 5.97 Å². The molecule has 0 aliphatic carbocycles. The van der Waals surface area contributed by atoms with Crippen LogP contribution in [0.3, 0.4) is 0 Å². The van der Waals surface area contributed by atoms with Crippen molar-refractivity contribution in [3.63, 3.8) is 0 Å². The van der Waals surface area contributed by atoms with Gasteiger partial charge in [0.05, 0.1) is 13.2 Å². The van der Waals surface area contributed by atoms with Gasteiger partial charge in [-0.05, 0) is 66.3 Å². The van der Waals surface area contributed by atoms with E-state index in [1.54, 1.807) is 6.08 Å². The van der Waals surface area contributed by atoms with E-state index in [1.165, 1.54) is 6.08 Å². The van der Waals surface area contributed by atoms with E-state index in [9.17, 15) is 9.59 Å². The minimum Gasteiger partial charge on any atom is -0.494 e. The second-order valence-corrected chi connectivity index (χ2v) is 6.07. The first-order valence-electron chi connectivity index (χ1n) is 8.95. The van der Waals surface area contributed by atoms with Crippen LogP contribution in [0.25, 0.3) is 16.8 Å². The summed E-state index contributed by atoms with van der Waals surface area (Å²) >= 11 is 0. The summed E-state index contributed by atoms with van der Waals surface area (Å²) in [7, 11) is 0. The summed E-state index contributed by atoms with van der Waals surface area (Å²) in [6, 6.07) is 11.6. The van der Waals surface area contributed by atoms with E-state index in [0.29, 0.717) is 13.2 Å². The SMILES string of the molecule is C=CC(=O)OCCCCCCOc1ccc2cc(/C=C/C(=O)O)ccc2c1. The van der Waals surface area contributed by atoms with Crippen LogP contribution in [0.4, 0.5) is 0 Å². The molecule has 0 fully saturated rings. The fraction of sp³-hybridized carbons (Fsp3) is 0.273. The zero-order valence-electron chi connectivity index (χ0n) is 15.2. The van der Waals surface area contributed by atoms with Gasteiger partial charge in [-0.15, -0.1) is 0 Å². The van der Waals surface area contributed by atoms with Gasteiger partial charge in [-0.1, -0.05) is 24.8 Å². The Bertz CT molecular complexity index is 823. The summed E-state index contributed by atoms with van der Waals surface area (Å²) in [5.74, 6) is -0.521. The normalized spacial score (nSPS) is 10.8. The number of fused-ring (bicyclic) bond motifs is 1. The number of carbonyl (C=O) groups is 2. The van der Waals surface area contributed by atoms with Crippen LogP contribution >= 0.6 is 0 Å². The topological polar surface area (TPSA) is 72.8 Å². The molecule has 1 N–H and O–H groups in total. The number of carbonyl (C=O) groups excluding carboxylic acids is 1. The Morgan fingerprint density at radius 2 is 1.67 bits per heavy atom. The van der Waals surface area contributed by atoms with E-state index in [4.69, 9.17) is 14.6 Å². The number of hydrogen-bond donors (Lipinski definition) is 1. The Labute approximate surface area is 158 Å². The first kappa shape index (κ1) is 20.2.